The van der Waals surface area contributed by atoms with Crippen molar-refractivity contribution in [3.05, 3.63) is 35.6 Å². The highest BCUT2D eigenvalue weighted by molar-refractivity contribution is 5.94. The number of benzene rings is 1. The monoisotopic (exact) mass is 279 g/mol. The first-order valence-electron chi connectivity index (χ1n) is 6.58. The molecule has 0 aromatic heterocycles. The molecule has 2 rings (SSSR count). The number of hydrogen-bond acceptors (Lipinski definition) is 3. The summed E-state index contributed by atoms with van der Waals surface area (Å²) < 4.78 is 13.1. The van der Waals surface area contributed by atoms with Crippen LogP contribution in [0.3, 0.4) is 0 Å². The van der Waals surface area contributed by atoms with E-state index in [0.29, 0.717) is 31.7 Å². The van der Waals surface area contributed by atoms with Gasteiger partial charge in [0.2, 0.25) is 5.91 Å². The smallest absolute Gasteiger partial charge is 0.254 e. The van der Waals surface area contributed by atoms with Crippen LogP contribution in [0.5, 0.6) is 0 Å². The van der Waals surface area contributed by atoms with E-state index in [9.17, 15) is 14.0 Å². The van der Waals surface area contributed by atoms with Gasteiger partial charge in [0, 0.05) is 31.7 Å². The highest BCUT2D eigenvalue weighted by Gasteiger charge is 2.26. The van der Waals surface area contributed by atoms with Crippen LogP contribution in [0.25, 0.3) is 0 Å². The fraction of sp³-hybridized carbons (Fsp3) is 0.429. The van der Waals surface area contributed by atoms with Crippen molar-refractivity contribution in [1.82, 2.24) is 9.80 Å². The molecule has 0 bridgehead atoms. The summed E-state index contributed by atoms with van der Waals surface area (Å²) in [6, 6.07) is 5.10. The van der Waals surface area contributed by atoms with Gasteiger partial charge in [-0.3, -0.25) is 9.59 Å². The Morgan fingerprint density at radius 2 is 1.80 bits per heavy atom. The zero-order valence-electron chi connectivity index (χ0n) is 11.4. The molecule has 0 spiro atoms. The summed E-state index contributed by atoms with van der Waals surface area (Å²) in [5, 5.41) is 0. The predicted octanol–water partition coefficient (Wildman–Crippen LogP) is 0.457. The highest BCUT2D eigenvalue weighted by atomic mass is 19.1. The first kappa shape index (κ1) is 14.5. The fourth-order valence-corrected chi connectivity index (χ4v) is 2.22. The van der Waals surface area contributed by atoms with Crippen LogP contribution in [-0.2, 0) is 4.79 Å². The van der Waals surface area contributed by atoms with Crippen molar-refractivity contribution in [2.24, 2.45) is 5.73 Å². The molecule has 1 fully saturated rings. The summed E-state index contributed by atoms with van der Waals surface area (Å²) >= 11 is 0. The maximum absolute atomic E-state index is 13.1. The SMILES string of the molecule is C[C@H](N)C(=O)N1CCN(C(=O)c2cccc(F)c2)CC1. The summed E-state index contributed by atoms with van der Waals surface area (Å²) in [5.74, 6) is -0.748. The van der Waals surface area contributed by atoms with Crippen LogP contribution in [0.4, 0.5) is 4.39 Å². The molecule has 2 N–H and O–H groups in total. The van der Waals surface area contributed by atoms with Crippen LogP contribution < -0.4 is 5.73 Å². The first-order chi connectivity index (χ1) is 9.49. The van der Waals surface area contributed by atoms with Gasteiger partial charge >= 0.3 is 0 Å². The van der Waals surface area contributed by atoms with E-state index >= 15 is 0 Å². The number of hydrogen-bond donors (Lipinski definition) is 1. The van der Waals surface area contributed by atoms with Crippen molar-refractivity contribution in [2.75, 3.05) is 26.2 Å². The van der Waals surface area contributed by atoms with Gasteiger partial charge in [0.15, 0.2) is 0 Å². The number of halogens is 1. The molecule has 0 unspecified atom stereocenters. The van der Waals surface area contributed by atoms with Crippen LogP contribution in [-0.4, -0.2) is 53.8 Å². The summed E-state index contributed by atoms with van der Waals surface area (Å²) in [6.07, 6.45) is 0. The van der Waals surface area contributed by atoms with Gasteiger partial charge in [-0.2, -0.15) is 0 Å². The topological polar surface area (TPSA) is 66.6 Å². The van der Waals surface area contributed by atoms with E-state index in [1.165, 1.54) is 18.2 Å². The Kier molecular flexibility index (Phi) is 4.34. The van der Waals surface area contributed by atoms with Crippen LogP contribution in [0.1, 0.15) is 17.3 Å². The molecule has 108 valence electrons. The van der Waals surface area contributed by atoms with Crippen LogP contribution in [0.15, 0.2) is 24.3 Å². The molecule has 20 heavy (non-hydrogen) atoms. The minimum absolute atomic E-state index is 0.108. The number of carbonyl (C=O) groups is 2. The zero-order chi connectivity index (χ0) is 14.7. The highest BCUT2D eigenvalue weighted by Crippen LogP contribution is 2.10. The lowest BCUT2D eigenvalue weighted by atomic mass is 10.1. The molecular formula is C14H18FN3O2. The molecular weight excluding hydrogens is 261 g/mol. The Bertz CT molecular complexity index is 511. The molecule has 1 heterocycles. The van der Waals surface area contributed by atoms with Gasteiger partial charge in [0.05, 0.1) is 6.04 Å². The van der Waals surface area contributed by atoms with E-state index in [0.717, 1.165) is 0 Å². The standard InChI is InChI=1S/C14H18FN3O2/c1-10(16)13(19)17-5-7-18(8-6-17)14(20)11-3-2-4-12(15)9-11/h2-4,9-10H,5-8,16H2,1H3/t10-/m0/s1. The van der Waals surface area contributed by atoms with E-state index < -0.39 is 11.9 Å². The van der Waals surface area contributed by atoms with E-state index in [2.05, 4.69) is 0 Å². The van der Waals surface area contributed by atoms with Crippen molar-refractivity contribution in [2.45, 2.75) is 13.0 Å². The largest absolute Gasteiger partial charge is 0.338 e. The average Bonchev–Trinajstić information content (AvgIpc) is 2.46. The lowest BCUT2D eigenvalue weighted by molar-refractivity contribution is -0.133. The molecule has 1 aromatic carbocycles. The third-order valence-corrected chi connectivity index (χ3v) is 3.34. The lowest BCUT2D eigenvalue weighted by Gasteiger charge is -2.35. The Balaban J connectivity index is 1.97. The molecule has 1 aliphatic rings. The van der Waals surface area contributed by atoms with Crippen LogP contribution in [0.2, 0.25) is 0 Å². The Morgan fingerprint density at radius 3 is 2.35 bits per heavy atom. The van der Waals surface area contributed by atoms with Crippen molar-refractivity contribution >= 4 is 11.8 Å². The molecule has 1 saturated heterocycles. The normalized spacial score (nSPS) is 16.9. The number of carbonyl (C=O) groups excluding carboxylic acids is 2. The van der Waals surface area contributed by atoms with E-state index in [-0.39, 0.29) is 11.8 Å². The summed E-state index contributed by atoms with van der Waals surface area (Å²) in [5.41, 5.74) is 5.89. The second-order valence-electron chi connectivity index (χ2n) is 4.92. The van der Waals surface area contributed by atoms with Crippen molar-refractivity contribution in [1.29, 1.82) is 0 Å². The molecule has 1 atom stereocenters. The second-order valence-corrected chi connectivity index (χ2v) is 4.92. The van der Waals surface area contributed by atoms with E-state index in [1.54, 1.807) is 22.8 Å². The Hall–Kier alpha value is -1.95. The minimum atomic E-state index is -0.527. The van der Waals surface area contributed by atoms with Crippen molar-refractivity contribution in [3.63, 3.8) is 0 Å². The third-order valence-electron chi connectivity index (χ3n) is 3.34. The number of piperazine rings is 1. The average molecular weight is 279 g/mol. The molecule has 6 heteroatoms. The molecule has 1 aliphatic heterocycles. The molecule has 0 saturated carbocycles. The van der Waals surface area contributed by atoms with Gasteiger partial charge in [-0.05, 0) is 25.1 Å². The molecule has 0 aliphatic carbocycles. The van der Waals surface area contributed by atoms with Gasteiger partial charge in [0.25, 0.3) is 5.91 Å². The van der Waals surface area contributed by atoms with Gasteiger partial charge in [-0.1, -0.05) is 6.07 Å². The lowest BCUT2D eigenvalue weighted by Crippen LogP contribution is -2.53. The van der Waals surface area contributed by atoms with E-state index in [4.69, 9.17) is 5.73 Å². The van der Waals surface area contributed by atoms with E-state index in [1.807, 2.05) is 0 Å². The van der Waals surface area contributed by atoms with Crippen LogP contribution >= 0.6 is 0 Å². The minimum Gasteiger partial charge on any atom is -0.338 e. The maximum atomic E-state index is 13.1. The Morgan fingerprint density at radius 1 is 1.20 bits per heavy atom. The van der Waals surface area contributed by atoms with Gasteiger partial charge in [-0.25, -0.2) is 4.39 Å². The molecule has 5 nitrogen and oxygen atoms in total. The predicted molar refractivity (Wildman–Crippen MR) is 72.5 cm³/mol. The molecule has 0 radical (unpaired) electrons. The van der Waals surface area contributed by atoms with Crippen molar-refractivity contribution < 1.29 is 14.0 Å². The number of amides is 2. The Labute approximate surface area is 117 Å². The molecule has 2 amide bonds. The third kappa shape index (κ3) is 3.14. The number of rotatable bonds is 2. The van der Waals surface area contributed by atoms with Gasteiger partial charge in [-0.15, -0.1) is 0 Å². The number of nitrogens with two attached hydrogens (primary N) is 1. The number of nitrogens with zero attached hydrogens (tertiary/aromatic N) is 2. The second kappa shape index (κ2) is 6.00. The summed E-state index contributed by atoms with van der Waals surface area (Å²) in [7, 11) is 0. The summed E-state index contributed by atoms with van der Waals surface area (Å²) in [4.78, 5) is 27.2. The quantitative estimate of drug-likeness (QED) is 0.855. The maximum Gasteiger partial charge on any atom is 0.254 e. The van der Waals surface area contributed by atoms with Gasteiger partial charge < -0.3 is 15.5 Å². The van der Waals surface area contributed by atoms with Crippen LogP contribution in [0, 0.1) is 5.82 Å². The summed E-state index contributed by atoms with van der Waals surface area (Å²) in [6.45, 7) is 3.44. The first-order valence-corrected chi connectivity index (χ1v) is 6.58. The zero-order valence-corrected chi connectivity index (χ0v) is 11.4. The van der Waals surface area contributed by atoms with Gasteiger partial charge in [0.1, 0.15) is 5.82 Å². The van der Waals surface area contributed by atoms with Crippen molar-refractivity contribution in [3.8, 4) is 0 Å². The molecule has 1 aromatic rings. The fourth-order valence-electron chi connectivity index (χ4n) is 2.22.